The predicted octanol–water partition coefficient (Wildman–Crippen LogP) is 1.43. The lowest BCUT2D eigenvalue weighted by Crippen LogP contribution is -2.30. The number of hydrogen-bond donors (Lipinski definition) is 3. The van der Waals surface area contributed by atoms with Gasteiger partial charge in [-0.3, -0.25) is 0 Å². The zero-order valence-corrected chi connectivity index (χ0v) is 14.7. The molecular weight excluding hydrogens is 381 g/mol. The minimum absolute atomic E-state index is 0.0172. The van der Waals surface area contributed by atoms with Crippen molar-refractivity contribution in [3.05, 3.63) is 24.2 Å². The van der Waals surface area contributed by atoms with Gasteiger partial charge in [-0.05, 0) is 0 Å². The summed E-state index contributed by atoms with van der Waals surface area (Å²) in [7, 11) is 1.41. The summed E-state index contributed by atoms with van der Waals surface area (Å²) in [6.45, 7) is 3.83. The molecule has 0 atom stereocenters. The molecule has 3 heterocycles. The van der Waals surface area contributed by atoms with E-state index in [1.165, 1.54) is 25.5 Å². The van der Waals surface area contributed by atoms with Gasteiger partial charge in [0.25, 0.3) is 5.88 Å². The molecule has 0 aliphatic carbocycles. The molecule has 3 N–H and O–H groups in total. The lowest BCUT2D eigenvalue weighted by Gasteiger charge is -2.12. The summed E-state index contributed by atoms with van der Waals surface area (Å²) in [6.07, 6.45) is -2.36. The van der Waals surface area contributed by atoms with E-state index >= 15 is 0 Å². The molecule has 1 aliphatic rings. The first-order valence-electron chi connectivity index (χ1n) is 8.00. The van der Waals surface area contributed by atoms with Crippen molar-refractivity contribution in [3.8, 4) is 11.9 Å². The first kappa shape index (κ1) is 21.1. The van der Waals surface area contributed by atoms with E-state index in [-0.39, 0.29) is 23.0 Å². The summed E-state index contributed by atoms with van der Waals surface area (Å²) in [6, 6.07) is 3.06. The molecule has 3 rings (SSSR count). The first-order valence-corrected chi connectivity index (χ1v) is 8.00. The van der Waals surface area contributed by atoms with Crippen LogP contribution in [-0.2, 0) is 4.74 Å². The lowest BCUT2D eigenvalue weighted by molar-refractivity contribution is -0.276. The van der Waals surface area contributed by atoms with Gasteiger partial charge in [-0.15, -0.1) is 23.4 Å². The number of alkyl halides is 3. The van der Waals surface area contributed by atoms with Crippen molar-refractivity contribution >= 4 is 17.3 Å². The monoisotopic (exact) mass is 398 g/mol. The normalized spacial score (nSPS) is 13.5. The molecule has 0 saturated carbocycles. The Morgan fingerprint density at radius 3 is 2.39 bits per heavy atom. The largest absolute Gasteiger partial charge is 0.574 e. The highest BCUT2D eigenvalue weighted by Gasteiger charge is 2.33. The maximum atomic E-state index is 12.2. The second-order valence-corrected chi connectivity index (χ2v) is 5.13. The smallest absolute Gasteiger partial charge is 0.384 e. The topological polar surface area (TPSA) is 130 Å². The van der Waals surface area contributed by atoms with Crippen molar-refractivity contribution in [2.75, 3.05) is 44.0 Å². The molecule has 1 fully saturated rings. The maximum absolute atomic E-state index is 12.2. The fourth-order valence-electron chi connectivity index (χ4n) is 1.90. The average molecular weight is 398 g/mol. The minimum atomic E-state index is -4.87. The van der Waals surface area contributed by atoms with Gasteiger partial charge in [-0.2, -0.15) is 5.26 Å². The van der Waals surface area contributed by atoms with Gasteiger partial charge in [0.1, 0.15) is 17.6 Å². The van der Waals surface area contributed by atoms with Gasteiger partial charge >= 0.3 is 6.36 Å². The fraction of sp³-hybridized carbons (Fsp3) is 0.400. The Kier molecular flexibility index (Phi) is 7.66. The van der Waals surface area contributed by atoms with Crippen LogP contribution in [0.25, 0.3) is 0 Å². The molecule has 1 aliphatic heterocycles. The van der Waals surface area contributed by atoms with Crippen LogP contribution in [-0.4, -0.2) is 59.9 Å². The molecule has 0 radical (unpaired) electrons. The Bertz CT molecular complexity index is 780. The van der Waals surface area contributed by atoms with Crippen LogP contribution in [0.2, 0.25) is 0 Å². The van der Waals surface area contributed by atoms with Crippen molar-refractivity contribution in [3.63, 3.8) is 0 Å². The number of aromatic nitrogens is 4. The van der Waals surface area contributed by atoms with Gasteiger partial charge < -0.3 is 25.4 Å². The molecule has 2 aromatic rings. The average Bonchev–Trinajstić information content (AvgIpc) is 2.70. The van der Waals surface area contributed by atoms with E-state index in [0.717, 1.165) is 26.3 Å². The van der Waals surface area contributed by atoms with Crippen LogP contribution in [0.3, 0.4) is 0 Å². The zero-order chi connectivity index (χ0) is 20.4. The molecule has 1 saturated heterocycles. The van der Waals surface area contributed by atoms with Crippen LogP contribution in [0.15, 0.2) is 18.5 Å². The van der Waals surface area contributed by atoms with Gasteiger partial charge in [0.05, 0.1) is 25.6 Å². The third kappa shape index (κ3) is 7.17. The molecule has 13 heteroatoms. The molecule has 0 amide bonds. The Hall–Kier alpha value is -3.24. The molecule has 150 valence electrons. The van der Waals surface area contributed by atoms with Crippen molar-refractivity contribution < 1.29 is 22.6 Å². The number of rotatable bonds is 4. The van der Waals surface area contributed by atoms with Gasteiger partial charge in [0.2, 0.25) is 0 Å². The number of morpholine rings is 1. The molecule has 0 spiro atoms. The molecule has 10 nitrogen and oxygen atoms in total. The van der Waals surface area contributed by atoms with Gasteiger partial charge in [-0.1, -0.05) is 0 Å². The summed E-state index contributed by atoms with van der Waals surface area (Å²) in [5.41, 5.74) is 0.109. The second kappa shape index (κ2) is 10.2. The third-order valence-corrected chi connectivity index (χ3v) is 3.11. The Morgan fingerprint density at radius 2 is 1.93 bits per heavy atom. The number of hydrogen-bond acceptors (Lipinski definition) is 10. The number of ether oxygens (including phenoxy) is 2. The molecule has 0 bridgehead atoms. The number of nitrogens with one attached hydrogen (secondary N) is 3. The van der Waals surface area contributed by atoms with Gasteiger partial charge in [0, 0.05) is 26.2 Å². The summed E-state index contributed by atoms with van der Waals surface area (Å²) >= 11 is 0. The van der Waals surface area contributed by atoms with Crippen molar-refractivity contribution in [1.29, 1.82) is 5.26 Å². The Balaban J connectivity index is 0.000000397. The van der Waals surface area contributed by atoms with E-state index in [9.17, 15) is 13.2 Å². The van der Waals surface area contributed by atoms with Crippen molar-refractivity contribution in [1.82, 2.24) is 25.5 Å². The van der Waals surface area contributed by atoms with Crippen molar-refractivity contribution in [2.24, 2.45) is 0 Å². The molecule has 28 heavy (non-hydrogen) atoms. The first-order chi connectivity index (χ1) is 13.4. The van der Waals surface area contributed by atoms with Gasteiger partial charge in [0.15, 0.2) is 11.5 Å². The van der Waals surface area contributed by atoms with Crippen LogP contribution >= 0.6 is 0 Å². The quantitative estimate of drug-likeness (QED) is 0.695. The van der Waals surface area contributed by atoms with E-state index in [1.54, 1.807) is 6.07 Å². The van der Waals surface area contributed by atoms with E-state index in [2.05, 4.69) is 40.9 Å². The Labute approximate surface area is 158 Å². The number of halogens is 3. The predicted molar refractivity (Wildman–Crippen MR) is 92.0 cm³/mol. The minimum Gasteiger partial charge on any atom is -0.384 e. The van der Waals surface area contributed by atoms with E-state index in [0.29, 0.717) is 0 Å². The summed E-state index contributed by atoms with van der Waals surface area (Å²) in [5, 5.41) is 23.9. The van der Waals surface area contributed by atoms with Crippen LogP contribution in [0, 0.1) is 11.3 Å². The van der Waals surface area contributed by atoms with Crippen LogP contribution in [0.5, 0.6) is 5.88 Å². The standard InChI is InChI=1S/C11H8F3N7O.C4H9NO/c1-16-7-2-8(20-21-10(7)22-11(12,13)14)19-9-5-17-6(3-15)4-18-9;1-3-6-4-2-5-1/h2,4-5H,1H3,(H2,16,18,19,20);5H,1-4H2. The number of nitrogens with zero attached hydrogens (tertiary/aromatic N) is 5. The van der Waals surface area contributed by atoms with E-state index < -0.39 is 12.2 Å². The third-order valence-electron chi connectivity index (χ3n) is 3.11. The van der Waals surface area contributed by atoms with E-state index in [4.69, 9.17) is 10.00 Å². The van der Waals surface area contributed by atoms with Crippen LogP contribution in [0.1, 0.15) is 5.69 Å². The number of anilines is 3. The van der Waals surface area contributed by atoms with Crippen molar-refractivity contribution in [2.45, 2.75) is 6.36 Å². The van der Waals surface area contributed by atoms with Crippen LogP contribution in [0.4, 0.5) is 30.5 Å². The highest BCUT2D eigenvalue weighted by atomic mass is 19.4. The molecular formula is C15H17F3N8O2. The molecule has 0 unspecified atom stereocenters. The van der Waals surface area contributed by atoms with E-state index in [1.807, 2.05) is 0 Å². The SMILES string of the molecule is C1COCCN1.CNc1cc(Nc2cnc(C#N)cn2)nnc1OC(F)(F)F. The van der Waals surface area contributed by atoms with Crippen LogP contribution < -0.4 is 20.7 Å². The zero-order valence-electron chi connectivity index (χ0n) is 14.7. The Morgan fingerprint density at radius 1 is 1.18 bits per heavy atom. The lowest BCUT2D eigenvalue weighted by atomic mass is 10.4. The highest BCUT2D eigenvalue weighted by molar-refractivity contribution is 5.61. The van der Waals surface area contributed by atoms with Gasteiger partial charge in [-0.25, -0.2) is 9.97 Å². The maximum Gasteiger partial charge on any atom is 0.574 e. The summed E-state index contributed by atoms with van der Waals surface area (Å²) in [5.74, 6) is -0.329. The number of nitriles is 1. The fourth-order valence-corrected chi connectivity index (χ4v) is 1.90. The molecule has 2 aromatic heterocycles. The summed E-state index contributed by atoms with van der Waals surface area (Å²) in [4.78, 5) is 7.67. The molecule has 0 aromatic carbocycles. The highest BCUT2D eigenvalue weighted by Crippen LogP contribution is 2.29. The second-order valence-electron chi connectivity index (χ2n) is 5.13. The summed E-state index contributed by atoms with van der Waals surface area (Å²) < 4.78 is 45.3.